The second-order valence-electron chi connectivity index (χ2n) is 6.64. The molecule has 2 aliphatic rings. The Morgan fingerprint density at radius 2 is 2.00 bits per heavy atom. The van der Waals surface area contributed by atoms with E-state index >= 15 is 0 Å². The van der Waals surface area contributed by atoms with Gasteiger partial charge in [0.1, 0.15) is 0 Å². The Labute approximate surface area is 110 Å². The summed E-state index contributed by atoms with van der Waals surface area (Å²) < 4.78 is 0. The van der Waals surface area contributed by atoms with Crippen LogP contribution in [-0.4, -0.2) is 72.6 Å². The lowest BCUT2D eigenvalue weighted by Gasteiger charge is -2.25. The molecular formula is C13H26N4O. The number of nitrogens with two attached hydrogens (primary N) is 1. The molecule has 0 aliphatic carbocycles. The number of likely N-dealkylation sites (N-methyl/N-ethyl adjacent to an activating group) is 1. The van der Waals surface area contributed by atoms with E-state index in [1.165, 1.54) is 6.42 Å². The molecular weight excluding hydrogens is 228 g/mol. The molecule has 2 atom stereocenters. The van der Waals surface area contributed by atoms with Gasteiger partial charge in [-0.2, -0.15) is 0 Å². The molecule has 2 saturated heterocycles. The summed E-state index contributed by atoms with van der Waals surface area (Å²) >= 11 is 0. The first-order valence-corrected chi connectivity index (χ1v) is 6.77. The molecule has 0 spiro atoms. The van der Waals surface area contributed by atoms with Crippen LogP contribution in [0.15, 0.2) is 0 Å². The van der Waals surface area contributed by atoms with Crippen molar-refractivity contribution in [2.75, 3.05) is 40.3 Å². The molecule has 0 aromatic rings. The Balaban J connectivity index is 2.01. The van der Waals surface area contributed by atoms with Crippen molar-refractivity contribution in [3.63, 3.8) is 0 Å². The number of carbonyl (C=O) groups excluding carboxylic acids is 1. The maximum absolute atomic E-state index is 12.2. The SMILES string of the molecule is CN1CCC(C2CN(CC(C)(C)N)C(=O)N2C)C1. The first kappa shape index (κ1) is 13.6. The Morgan fingerprint density at radius 1 is 1.33 bits per heavy atom. The van der Waals surface area contributed by atoms with E-state index in [4.69, 9.17) is 5.73 Å². The Bertz CT molecular complexity index is 325. The molecule has 5 nitrogen and oxygen atoms in total. The molecule has 5 heteroatoms. The van der Waals surface area contributed by atoms with Crippen LogP contribution in [-0.2, 0) is 0 Å². The molecule has 18 heavy (non-hydrogen) atoms. The first-order chi connectivity index (χ1) is 8.28. The molecule has 2 heterocycles. The first-order valence-electron chi connectivity index (χ1n) is 6.77. The Hall–Kier alpha value is -0.810. The molecule has 0 aromatic carbocycles. The molecule has 2 fully saturated rings. The highest BCUT2D eigenvalue weighted by Gasteiger charge is 2.41. The fourth-order valence-corrected chi connectivity index (χ4v) is 3.16. The second-order valence-corrected chi connectivity index (χ2v) is 6.64. The molecule has 0 aromatic heterocycles. The van der Waals surface area contributed by atoms with Gasteiger partial charge in [0, 0.05) is 32.2 Å². The second kappa shape index (κ2) is 4.70. The molecule has 0 bridgehead atoms. The van der Waals surface area contributed by atoms with Crippen LogP contribution in [0.1, 0.15) is 20.3 Å². The van der Waals surface area contributed by atoms with Crippen LogP contribution in [0.5, 0.6) is 0 Å². The lowest BCUT2D eigenvalue weighted by molar-refractivity contribution is 0.185. The summed E-state index contributed by atoms with van der Waals surface area (Å²) in [6, 6.07) is 0.484. The minimum absolute atomic E-state index is 0.132. The monoisotopic (exact) mass is 254 g/mol. The standard InChI is InChI=1S/C13H26N4O/c1-13(2,14)9-17-8-11(16(4)12(17)18)10-5-6-15(3)7-10/h10-11H,5-9,14H2,1-4H3. The predicted octanol–water partition coefficient (Wildman–Crippen LogP) is 0.411. The smallest absolute Gasteiger partial charge is 0.320 e. The minimum atomic E-state index is -0.322. The molecule has 2 rings (SSSR count). The average Bonchev–Trinajstić information content (AvgIpc) is 2.76. The van der Waals surface area contributed by atoms with Gasteiger partial charge in [0.15, 0.2) is 0 Å². The molecule has 2 amide bonds. The number of rotatable bonds is 3. The zero-order chi connectivity index (χ0) is 13.5. The average molecular weight is 254 g/mol. The maximum atomic E-state index is 12.2. The van der Waals surface area contributed by atoms with E-state index in [0.717, 1.165) is 19.6 Å². The van der Waals surface area contributed by atoms with Gasteiger partial charge in [-0.1, -0.05) is 0 Å². The topological polar surface area (TPSA) is 52.8 Å². The van der Waals surface area contributed by atoms with Crippen molar-refractivity contribution in [2.24, 2.45) is 11.7 Å². The van der Waals surface area contributed by atoms with E-state index in [1.54, 1.807) is 0 Å². The molecule has 2 unspecified atom stereocenters. The van der Waals surface area contributed by atoms with Crippen LogP contribution in [0.3, 0.4) is 0 Å². The van der Waals surface area contributed by atoms with E-state index in [-0.39, 0.29) is 11.6 Å². The zero-order valence-corrected chi connectivity index (χ0v) is 12.0. The van der Waals surface area contributed by atoms with Crippen LogP contribution in [0.4, 0.5) is 4.79 Å². The highest BCUT2D eigenvalue weighted by atomic mass is 16.2. The summed E-state index contributed by atoms with van der Waals surface area (Å²) in [6.07, 6.45) is 1.19. The van der Waals surface area contributed by atoms with Gasteiger partial charge in [-0.25, -0.2) is 4.79 Å². The summed E-state index contributed by atoms with van der Waals surface area (Å²) in [5.74, 6) is 0.606. The maximum Gasteiger partial charge on any atom is 0.320 e. The van der Waals surface area contributed by atoms with E-state index in [0.29, 0.717) is 18.5 Å². The molecule has 0 radical (unpaired) electrons. The third-order valence-electron chi connectivity index (χ3n) is 4.05. The largest absolute Gasteiger partial charge is 0.324 e. The predicted molar refractivity (Wildman–Crippen MR) is 72.4 cm³/mol. The zero-order valence-electron chi connectivity index (χ0n) is 12.0. The van der Waals surface area contributed by atoms with Crippen molar-refractivity contribution >= 4 is 6.03 Å². The van der Waals surface area contributed by atoms with Crippen molar-refractivity contribution in [1.29, 1.82) is 0 Å². The lowest BCUT2D eigenvalue weighted by atomic mass is 9.98. The van der Waals surface area contributed by atoms with Crippen molar-refractivity contribution < 1.29 is 4.79 Å². The van der Waals surface area contributed by atoms with Crippen molar-refractivity contribution in [1.82, 2.24) is 14.7 Å². The fourth-order valence-electron chi connectivity index (χ4n) is 3.16. The number of amides is 2. The summed E-state index contributed by atoms with van der Waals surface area (Å²) in [5.41, 5.74) is 5.70. The van der Waals surface area contributed by atoms with Gasteiger partial charge in [0.25, 0.3) is 0 Å². The van der Waals surface area contributed by atoms with Gasteiger partial charge in [-0.3, -0.25) is 0 Å². The number of urea groups is 1. The summed E-state index contributed by atoms with van der Waals surface area (Å²) in [5, 5.41) is 0. The van der Waals surface area contributed by atoms with Crippen molar-refractivity contribution in [3.05, 3.63) is 0 Å². The molecule has 2 N–H and O–H groups in total. The van der Waals surface area contributed by atoms with Crippen LogP contribution in [0.2, 0.25) is 0 Å². The number of hydrogen-bond donors (Lipinski definition) is 1. The van der Waals surface area contributed by atoms with E-state index < -0.39 is 0 Å². The number of nitrogens with zero attached hydrogens (tertiary/aromatic N) is 3. The van der Waals surface area contributed by atoms with E-state index in [9.17, 15) is 4.79 Å². The minimum Gasteiger partial charge on any atom is -0.324 e. The highest BCUT2D eigenvalue weighted by molar-refractivity contribution is 5.77. The number of hydrogen-bond acceptors (Lipinski definition) is 3. The van der Waals surface area contributed by atoms with Gasteiger partial charge in [0.05, 0.1) is 6.04 Å². The van der Waals surface area contributed by atoms with Gasteiger partial charge in [-0.15, -0.1) is 0 Å². The Kier molecular flexibility index (Phi) is 3.56. The number of likely N-dealkylation sites (tertiary alicyclic amines) is 1. The van der Waals surface area contributed by atoms with Crippen LogP contribution < -0.4 is 5.73 Å². The van der Waals surface area contributed by atoms with Crippen LogP contribution in [0.25, 0.3) is 0 Å². The summed E-state index contributed by atoms with van der Waals surface area (Å²) in [6.45, 7) is 7.64. The van der Waals surface area contributed by atoms with Crippen LogP contribution >= 0.6 is 0 Å². The van der Waals surface area contributed by atoms with Crippen molar-refractivity contribution in [3.8, 4) is 0 Å². The van der Waals surface area contributed by atoms with Crippen molar-refractivity contribution in [2.45, 2.75) is 31.8 Å². The quantitative estimate of drug-likeness (QED) is 0.794. The van der Waals surface area contributed by atoms with Gasteiger partial charge in [-0.05, 0) is 39.8 Å². The van der Waals surface area contributed by atoms with E-state index in [1.807, 2.05) is 30.7 Å². The summed E-state index contributed by atoms with van der Waals surface area (Å²) in [4.78, 5) is 18.4. The fraction of sp³-hybridized carbons (Fsp3) is 0.923. The van der Waals surface area contributed by atoms with Gasteiger partial charge < -0.3 is 20.4 Å². The van der Waals surface area contributed by atoms with Crippen LogP contribution in [0, 0.1) is 5.92 Å². The van der Waals surface area contributed by atoms with Gasteiger partial charge in [0.2, 0.25) is 0 Å². The summed E-state index contributed by atoms with van der Waals surface area (Å²) in [7, 11) is 4.08. The normalized spacial score (nSPS) is 30.6. The Morgan fingerprint density at radius 3 is 2.50 bits per heavy atom. The van der Waals surface area contributed by atoms with E-state index in [2.05, 4.69) is 11.9 Å². The highest BCUT2D eigenvalue weighted by Crippen LogP contribution is 2.27. The van der Waals surface area contributed by atoms with Gasteiger partial charge >= 0.3 is 6.03 Å². The molecule has 0 saturated carbocycles. The number of carbonyl (C=O) groups is 1. The lowest BCUT2D eigenvalue weighted by Crippen LogP contribution is -2.46. The molecule has 2 aliphatic heterocycles. The third-order valence-corrected chi connectivity index (χ3v) is 4.05. The third kappa shape index (κ3) is 2.78. The molecule has 104 valence electrons.